The van der Waals surface area contributed by atoms with Crippen LogP contribution in [-0.4, -0.2) is 55.0 Å². The minimum Gasteiger partial charge on any atom is -0.481 e. The van der Waals surface area contributed by atoms with Gasteiger partial charge in [-0.25, -0.2) is 9.37 Å². The number of aromatic nitrogens is 2. The number of hydrazone groups is 1. The van der Waals surface area contributed by atoms with Crippen LogP contribution in [0.15, 0.2) is 35.2 Å². The summed E-state index contributed by atoms with van der Waals surface area (Å²) in [7, 11) is 0. The number of carboxylic acids is 2. The first-order valence-corrected chi connectivity index (χ1v) is 12.0. The van der Waals surface area contributed by atoms with Crippen molar-refractivity contribution in [3.05, 3.63) is 40.9 Å². The Balaban J connectivity index is 1.80. The Morgan fingerprint density at radius 3 is 2.49 bits per heavy atom. The number of pyridine rings is 1. The highest BCUT2D eigenvalue weighted by Gasteiger charge is 2.67. The Morgan fingerprint density at radius 1 is 1.23 bits per heavy atom. The highest BCUT2D eigenvalue weighted by atomic mass is 35.5. The second-order valence-electron chi connectivity index (χ2n) is 11.2. The minimum absolute atomic E-state index is 0.151. The van der Waals surface area contributed by atoms with Crippen LogP contribution in [0.3, 0.4) is 0 Å². The molecule has 0 radical (unpaired) electrons. The number of nitrogens with zero attached hydrogens (tertiary/aromatic N) is 4. The second-order valence-corrected chi connectivity index (χ2v) is 11.6. The molecule has 3 atom stereocenters. The SMILES string of the molecule is CC1(C(=O)O)C=C(F)C2N(C1)N=C(c1cc3ccc(Cl)nc3n1CC1CC1)C2(C(=O)O)C(C)(C)C. The Morgan fingerprint density at radius 2 is 1.91 bits per heavy atom. The maximum atomic E-state index is 15.8. The lowest BCUT2D eigenvalue weighted by Gasteiger charge is -2.46. The topological polar surface area (TPSA) is 108 Å². The third-order valence-corrected chi connectivity index (χ3v) is 7.83. The lowest BCUT2D eigenvalue weighted by Crippen LogP contribution is -2.60. The van der Waals surface area contributed by atoms with Crippen molar-refractivity contribution in [1.29, 1.82) is 0 Å². The molecule has 3 unspecified atom stereocenters. The number of carbonyl (C=O) groups is 2. The van der Waals surface area contributed by atoms with Gasteiger partial charge in [-0.2, -0.15) is 5.10 Å². The fourth-order valence-corrected chi connectivity index (χ4v) is 5.73. The molecule has 5 rings (SSSR count). The van der Waals surface area contributed by atoms with Gasteiger partial charge >= 0.3 is 11.9 Å². The fraction of sp³-hybridized carbons (Fsp3) is 0.520. The molecule has 2 aliphatic heterocycles. The number of hydrogen-bond acceptors (Lipinski definition) is 5. The van der Waals surface area contributed by atoms with Crippen molar-refractivity contribution in [2.75, 3.05) is 6.54 Å². The van der Waals surface area contributed by atoms with E-state index in [0.29, 0.717) is 29.0 Å². The third kappa shape index (κ3) is 3.38. The van der Waals surface area contributed by atoms with Crippen molar-refractivity contribution in [3.63, 3.8) is 0 Å². The highest BCUT2D eigenvalue weighted by molar-refractivity contribution is 6.29. The molecule has 0 aromatic carbocycles. The zero-order valence-electron chi connectivity index (χ0n) is 20.0. The smallest absolute Gasteiger partial charge is 0.319 e. The monoisotopic (exact) mass is 502 g/mol. The van der Waals surface area contributed by atoms with E-state index < -0.39 is 40.1 Å². The normalized spacial score (nSPS) is 28.6. The summed E-state index contributed by atoms with van der Waals surface area (Å²) in [5, 5.41) is 27.6. The van der Waals surface area contributed by atoms with Gasteiger partial charge in [0, 0.05) is 11.9 Å². The minimum atomic E-state index is -1.78. The van der Waals surface area contributed by atoms with Gasteiger partial charge in [-0.3, -0.25) is 14.6 Å². The zero-order valence-corrected chi connectivity index (χ0v) is 20.8. The van der Waals surface area contributed by atoms with Crippen molar-refractivity contribution in [2.45, 2.75) is 53.1 Å². The molecule has 0 amide bonds. The first-order chi connectivity index (χ1) is 16.3. The molecule has 10 heteroatoms. The van der Waals surface area contributed by atoms with E-state index in [4.69, 9.17) is 16.7 Å². The number of halogens is 2. The van der Waals surface area contributed by atoms with Crippen molar-refractivity contribution in [2.24, 2.45) is 27.3 Å². The lowest BCUT2D eigenvalue weighted by atomic mass is 9.58. The Hall–Kier alpha value is -2.94. The fourth-order valence-electron chi connectivity index (χ4n) is 5.59. The molecule has 186 valence electrons. The van der Waals surface area contributed by atoms with Crippen LogP contribution in [0.25, 0.3) is 11.0 Å². The van der Waals surface area contributed by atoms with Crippen LogP contribution in [-0.2, 0) is 16.1 Å². The number of hydrogen-bond donors (Lipinski definition) is 2. The molecule has 3 aliphatic rings. The van der Waals surface area contributed by atoms with Crippen LogP contribution < -0.4 is 0 Å². The van der Waals surface area contributed by atoms with Crippen LogP contribution in [0.1, 0.15) is 46.2 Å². The summed E-state index contributed by atoms with van der Waals surface area (Å²) in [6.45, 7) is 7.13. The van der Waals surface area contributed by atoms with Crippen LogP contribution in [0.2, 0.25) is 5.15 Å². The van der Waals surface area contributed by atoms with Gasteiger partial charge in [0.05, 0.1) is 12.2 Å². The van der Waals surface area contributed by atoms with E-state index in [2.05, 4.69) is 4.98 Å². The van der Waals surface area contributed by atoms with Gasteiger partial charge in [0.1, 0.15) is 39.2 Å². The summed E-state index contributed by atoms with van der Waals surface area (Å²) in [6.07, 6.45) is 3.15. The highest BCUT2D eigenvalue weighted by Crippen LogP contribution is 2.55. The van der Waals surface area contributed by atoms with Crippen LogP contribution >= 0.6 is 11.6 Å². The van der Waals surface area contributed by atoms with Gasteiger partial charge in [-0.15, -0.1) is 0 Å². The molecule has 0 saturated heterocycles. The van der Waals surface area contributed by atoms with Gasteiger partial charge in [0.2, 0.25) is 0 Å². The maximum absolute atomic E-state index is 15.8. The lowest BCUT2D eigenvalue weighted by molar-refractivity contribution is -0.154. The molecule has 1 saturated carbocycles. The third-order valence-electron chi connectivity index (χ3n) is 7.62. The molecule has 1 fully saturated rings. The quantitative estimate of drug-likeness (QED) is 0.580. The zero-order chi connectivity index (χ0) is 25.5. The Kier molecular flexibility index (Phi) is 5.12. The van der Waals surface area contributed by atoms with Crippen molar-refractivity contribution >= 4 is 40.3 Å². The van der Waals surface area contributed by atoms with Gasteiger partial charge in [-0.05, 0) is 55.4 Å². The number of rotatable bonds is 5. The molecule has 0 bridgehead atoms. The molecule has 1 aliphatic carbocycles. The van der Waals surface area contributed by atoms with Crippen LogP contribution in [0.4, 0.5) is 4.39 Å². The molecular weight excluding hydrogens is 475 g/mol. The number of carboxylic acid groups (broad SMARTS) is 2. The Labute approximate surface area is 207 Å². The largest absolute Gasteiger partial charge is 0.481 e. The van der Waals surface area contributed by atoms with Crippen LogP contribution in [0, 0.1) is 22.2 Å². The second kappa shape index (κ2) is 7.53. The molecule has 2 N–H and O–H groups in total. The van der Waals surface area contributed by atoms with Crippen molar-refractivity contribution in [1.82, 2.24) is 14.6 Å². The molecule has 2 aromatic rings. The first-order valence-electron chi connectivity index (χ1n) is 11.7. The van der Waals surface area contributed by atoms with Gasteiger partial charge < -0.3 is 14.8 Å². The molecule has 35 heavy (non-hydrogen) atoms. The molecular formula is C25H28ClFN4O4. The summed E-state index contributed by atoms with van der Waals surface area (Å²) < 4.78 is 17.8. The van der Waals surface area contributed by atoms with Gasteiger partial charge in [0.15, 0.2) is 0 Å². The summed E-state index contributed by atoms with van der Waals surface area (Å²) >= 11 is 6.20. The standard InChI is InChI=1S/C25H28ClFN4O4/c1-23(2,3)25(22(34)35)18(29-31-12-24(4,21(32)33)10-15(27)19(25)31)16-9-14-7-8-17(26)28-20(14)30(16)11-13-5-6-13/h7-10,13,19H,5-6,11-12H2,1-4H3,(H,32,33)(H,34,35). The summed E-state index contributed by atoms with van der Waals surface area (Å²) in [4.78, 5) is 29.7. The van der Waals surface area contributed by atoms with E-state index in [1.807, 2.05) is 16.7 Å². The summed E-state index contributed by atoms with van der Waals surface area (Å²) in [6, 6.07) is 4.05. The molecule has 2 aromatic heterocycles. The summed E-state index contributed by atoms with van der Waals surface area (Å²) in [5.41, 5.74) is -2.95. The van der Waals surface area contributed by atoms with E-state index in [9.17, 15) is 19.8 Å². The first kappa shape index (κ1) is 23.8. The molecule has 4 heterocycles. The number of fused-ring (bicyclic) bond motifs is 2. The van der Waals surface area contributed by atoms with E-state index >= 15 is 4.39 Å². The van der Waals surface area contributed by atoms with E-state index in [-0.39, 0.29) is 12.3 Å². The predicted octanol–water partition coefficient (Wildman–Crippen LogP) is 4.56. The van der Waals surface area contributed by atoms with E-state index in [0.717, 1.165) is 24.3 Å². The van der Waals surface area contributed by atoms with E-state index in [1.54, 1.807) is 26.8 Å². The molecule has 0 spiro atoms. The number of aliphatic carboxylic acids is 2. The Bertz CT molecular complexity index is 1320. The predicted molar refractivity (Wildman–Crippen MR) is 129 cm³/mol. The van der Waals surface area contributed by atoms with Crippen molar-refractivity contribution < 1.29 is 24.2 Å². The summed E-state index contributed by atoms with van der Waals surface area (Å²) in [5.74, 6) is -2.79. The van der Waals surface area contributed by atoms with E-state index in [1.165, 1.54) is 11.9 Å². The average molecular weight is 503 g/mol. The average Bonchev–Trinajstić information content (AvgIpc) is 3.38. The maximum Gasteiger partial charge on any atom is 0.319 e. The van der Waals surface area contributed by atoms with Gasteiger partial charge in [0.25, 0.3) is 0 Å². The van der Waals surface area contributed by atoms with Gasteiger partial charge in [-0.1, -0.05) is 32.4 Å². The van der Waals surface area contributed by atoms with Crippen LogP contribution in [0.5, 0.6) is 0 Å². The van der Waals surface area contributed by atoms with Crippen molar-refractivity contribution in [3.8, 4) is 0 Å². The molecule has 8 nitrogen and oxygen atoms in total.